The van der Waals surface area contributed by atoms with Gasteiger partial charge in [-0.2, -0.15) is 0 Å². The van der Waals surface area contributed by atoms with E-state index >= 15 is 0 Å². The van der Waals surface area contributed by atoms with Crippen molar-refractivity contribution in [2.75, 3.05) is 11.1 Å². The average Bonchev–Trinajstić information content (AvgIpc) is 2.36. The molecular weight excluding hydrogens is 264 g/mol. The number of nitrogens with one attached hydrogen (secondary N) is 1. The van der Waals surface area contributed by atoms with Crippen LogP contribution in [0, 0.1) is 0 Å². The molecule has 6 heteroatoms. The van der Waals surface area contributed by atoms with Gasteiger partial charge < -0.3 is 11.1 Å². The standard InChI is InChI=1S/C13H20N2O3S/c1-4-9(2)19(17,18)10(3)13(16)15-12-7-5-6-11(14)8-12/h5-10H,4,14H2,1-3H3,(H,15,16). The van der Waals surface area contributed by atoms with Crippen molar-refractivity contribution in [3.05, 3.63) is 24.3 Å². The summed E-state index contributed by atoms with van der Waals surface area (Å²) in [6, 6.07) is 6.63. The van der Waals surface area contributed by atoms with Gasteiger partial charge in [-0.25, -0.2) is 8.42 Å². The number of nitrogen functional groups attached to an aromatic ring is 1. The van der Waals surface area contributed by atoms with Gasteiger partial charge in [0.05, 0.1) is 5.25 Å². The third-order valence-electron chi connectivity index (χ3n) is 3.15. The highest BCUT2D eigenvalue weighted by Gasteiger charge is 2.32. The smallest absolute Gasteiger partial charge is 0.242 e. The number of carbonyl (C=O) groups is 1. The number of nitrogens with two attached hydrogens (primary N) is 1. The highest BCUT2D eigenvalue weighted by atomic mass is 32.2. The van der Waals surface area contributed by atoms with E-state index in [1.165, 1.54) is 6.92 Å². The second kappa shape index (κ2) is 6.06. The highest BCUT2D eigenvalue weighted by Crippen LogP contribution is 2.16. The number of sulfone groups is 1. The minimum Gasteiger partial charge on any atom is -0.399 e. The molecule has 19 heavy (non-hydrogen) atoms. The van der Waals surface area contributed by atoms with E-state index in [0.29, 0.717) is 17.8 Å². The SMILES string of the molecule is CCC(C)S(=O)(=O)C(C)C(=O)Nc1cccc(N)c1. The van der Waals surface area contributed by atoms with E-state index in [1.807, 2.05) is 0 Å². The maximum atomic E-state index is 12.1. The van der Waals surface area contributed by atoms with Crippen LogP contribution in [0.4, 0.5) is 11.4 Å². The summed E-state index contributed by atoms with van der Waals surface area (Å²) in [5, 5.41) is 0.956. The molecule has 0 aliphatic heterocycles. The molecule has 2 atom stereocenters. The van der Waals surface area contributed by atoms with Gasteiger partial charge in [-0.1, -0.05) is 13.0 Å². The molecule has 2 unspecified atom stereocenters. The van der Waals surface area contributed by atoms with Gasteiger partial charge in [-0.05, 0) is 38.5 Å². The molecule has 0 spiro atoms. The van der Waals surface area contributed by atoms with Crippen molar-refractivity contribution in [1.82, 2.24) is 0 Å². The maximum absolute atomic E-state index is 12.1. The third-order valence-corrected chi connectivity index (χ3v) is 5.81. The van der Waals surface area contributed by atoms with Crippen LogP contribution in [0.1, 0.15) is 27.2 Å². The normalized spacial score (nSPS) is 14.7. The lowest BCUT2D eigenvalue weighted by Gasteiger charge is -2.17. The molecule has 1 amide bonds. The molecular formula is C13H20N2O3S. The molecule has 1 aromatic carbocycles. The van der Waals surface area contributed by atoms with Gasteiger partial charge in [-0.3, -0.25) is 4.79 Å². The maximum Gasteiger partial charge on any atom is 0.242 e. The molecule has 3 N–H and O–H groups in total. The fraction of sp³-hybridized carbons (Fsp3) is 0.462. The summed E-state index contributed by atoms with van der Waals surface area (Å²) in [5.41, 5.74) is 6.60. The number of anilines is 2. The quantitative estimate of drug-likeness (QED) is 0.807. The Labute approximate surface area is 114 Å². The zero-order chi connectivity index (χ0) is 14.6. The predicted molar refractivity (Wildman–Crippen MR) is 77.6 cm³/mol. The number of carbonyl (C=O) groups excluding carboxylic acids is 1. The molecule has 0 aliphatic carbocycles. The van der Waals surface area contributed by atoms with E-state index in [0.717, 1.165) is 0 Å². The molecule has 0 saturated heterocycles. The Balaban J connectivity index is 2.84. The van der Waals surface area contributed by atoms with E-state index in [1.54, 1.807) is 38.1 Å². The zero-order valence-corrected chi connectivity index (χ0v) is 12.2. The summed E-state index contributed by atoms with van der Waals surface area (Å²) in [4.78, 5) is 12.0. The zero-order valence-electron chi connectivity index (χ0n) is 11.4. The number of rotatable bonds is 5. The van der Waals surface area contributed by atoms with Crippen LogP contribution in [0.5, 0.6) is 0 Å². The van der Waals surface area contributed by atoms with Gasteiger partial charge in [-0.15, -0.1) is 0 Å². The summed E-state index contributed by atoms with van der Waals surface area (Å²) in [5.74, 6) is -0.536. The third kappa shape index (κ3) is 3.70. The van der Waals surface area contributed by atoms with Crippen molar-refractivity contribution < 1.29 is 13.2 Å². The Kier molecular flexibility index (Phi) is 4.94. The van der Waals surface area contributed by atoms with E-state index < -0.39 is 26.2 Å². The number of amides is 1. The fourth-order valence-corrected chi connectivity index (χ4v) is 3.11. The molecule has 5 nitrogen and oxygen atoms in total. The van der Waals surface area contributed by atoms with Gasteiger partial charge in [0.15, 0.2) is 9.84 Å². The molecule has 0 saturated carbocycles. The first-order valence-corrected chi connectivity index (χ1v) is 7.79. The van der Waals surface area contributed by atoms with E-state index in [2.05, 4.69) is 5.32 Å². The summed E-state index contributed by atoms with van der Waals surface area (Å²) >= 11 is 0. The number of benzene rings is 1. The second-order valence-electron chi connectivity index (χ2n) is 4.56. The summed E-state index contributed by atoms with van der Waals surface area (Å²) < 4.78 is 24.1. The molecule has 1 aromatic rings. The van der Waals surface area contributed by atoms with Crippen LogP contribution in [0.25, 0.3) is 0 Å². The molecule has 0 aromatic heterocycles. The Hall–Kier alpha value is -1.56. The summed E-state index contributed by atoms with van der Waals surface area (Å²) in [6.45, 7) is 4.80. The second-order valence-corrected chi connectivity index (χ2v) is 7.25. The van der Waals surface area contributed by atoms with Gasteiger partial charge in [0, 0.05) is 11.4 Å². The topological polar surface area (TPSA) is 89.3 Å². The van der Waals surface area contributed by atoms with Crippen molar-refractivity contribution in [1.29, 1.82) is 0 Å². The van der Waals surface area contributed by atoms with Gasteiger partial charge in [0.1, 0.15) is 5.25 Å². The minimum absolute atomic E-state index is 0.484. The van der Waals surface area contributed by atoms with Crippen molar-refractivity contribution in [2.45, 2.75) is 37.7 Å². The first kappa shape index (κ1) is 15.5. The van der Waals surface area contributed by atoms with Crippen molar-refractivity contribution in [3.63, 3.8) is 0 Å². The van der Waals surface area contributed by atoms with Crippen molar-refractivity contribution in [3.8, 4) is 0 Å². The van der Waals surface area contributed by atoms with Crippen LogP contribution >= 0.6 is 0 Å². The Bertz CT molecular complexity index is 555. The summed E-state index contributed by atoms with van der Waals surface area (Å²) in [6.07, 6.45) is 0.484. The molecule has 0 radical (unpaired) electrons. The van der Waals surface area contributed by atoms with Crippen molar-refractivity contribution >= 4 is 27.1 Å². The van der Waals surface area contributed by atoms with Crippen LogP contribution in [0.2, 0.25) is 0 Å². The molecule has 0 aliphatic rings. The molecule has 0 bridgehead atoms. The lowest BCUT2D eigenvalue weighted by molar-refractivity contribution is -0.115. The Morgan fingerprint density at radius 3 is 2.53 bits per heavy atom. The fourth-order valence-electron chi connectivity index (χ4n) is 1.59. The van der Waals surface area contributed by atoms with Crippen LogP contribution in [0.3, 0.4) is 0 Å². The van der Waals surface area contributed by atoms with E-state index in [9.17, 15) is 13.2 Å². The Morgan fingerprint density at radius 2 is 2.00 bits per heavy atom. The minimum atomic E-state index is -3.46. The lowest BCUT2D eigenvalue weighted by atomic mass is 10.3. The lowest BCUT2D eigenvalue weighted by Crippen LogP contribution is -2.37. The molecule has 0 fully saturated rings. The van der Waals surface area contributed by atoms with Crippen LogP contribution in [-0.2, 0) is 14.6 Å². The average molecular weight is 284 g/mol. The molecule has 1 rings (SSSR count). The number of hydrogen-bond donors (Lipinski definition) is 2. The van der Waals surface area contributed by atoms with Crippen LogP contribution in [-0.4, -0.2) is 24.8 Å². The summed E-state index contributed by atoms with van der Waals surface area (Å²) in [7, 11) is -3.46. The predicted octanol–water partition coefficient (Wildman–Crippen LogP) is 1.81. The first-order valence-electron chi connectivity index (χ1n) is 6.18. The monoisotopic (exact) mass is 284 g/mol. The molecule has 0 heterocycles. The largest absolute Gasteiger partial charge is 0.399 e. The van der Waals surface area contributed by atoms with E-state index in [4.69, 9.17) is 5.73 Å². The van der Waals surface area contributed by atoms with Gasteiger partial charge in [0.25, 0.3) is 0 Å². The number of hydrogen-bond acceptors (Lipinski definition) is 4. The van der Waals surface area contributed by atoms with Crippen molar-refractivity contribution in [2.24, 2.45) is 0 Å². The highest BCUT2D eigenvalue weighted by molar-refractivity contribution is 7.93. The van der Waals surface area contributed by atoms with Gasteiger partial charge in [0.2, 0.25) is 5.91 Å². The van der Waals surface area contributed by atoms with Crippen LogP contribution < -0.4 is 11.1 Å². The van der Waals surface area contributed by atoms with Crippen LogP contribution in [0.15, 0.2) is 24.3 Å². The molecule has 106 valence electrons. The first-order chi connectivity index (χ1) is 8.78. The van der Waals surface area contributed by atoms with Gasteiger partial charge >= 0.3 is 0 Å². The Morgan fingerprint density at radius 1 is 1.37 bits per heavy atom. The van der Waals surface area contributed by atoms with E-state index in [-0.39, 0.29) is 0 Å².